The lowest BCUT2D eigenvalue weighted by Crippen LogP contribution is -2.50. The highest BCUT2D eigenvalue weighted by molar-refractivity contribution is 5.75. The summed E-state index contributed by atoms with van der Waals surface area (Å²) in [6.07, 6.45) is 7.16. The fourth-order valence-electron chi connectivity index (χ4n) is 3.81. The summed E-state index contributed by atoms with van der Waals surface area (Å²) in [6.45, 7) is 2.86. The van der Waals surface area contributed by atoms with E-state index >= 15 is 0 Å². The second-order valence-corrected chi connectivity index (χ2v) is 7.45. The van der Waals surface area contributed by atoms with Gasteiger partial charge in [0.1, 0.15) is 0 Å². The Hall–Kier alpha value is -2.30. The molecule has 0 unspecified atom stereocenters. The van der Waals surface area contributed by atoms with Gasteiger partial charge >= 0.3 is 6.03 Å². The molecule has 5 nitrogen and oxygen atoms in total. The monoisotopic (exact) mass is 338 g/mol. The van der Waals surface area contributed by atoms with Crippen LogP contribution in [-0.2, 0) is 19.4 Å². The molecule has 2 N–H and O–H groups in total. The number of carbonyl (C=O) groups excluding carboxylic acids is 1. The lowest BCUT2D eigenvalue weighted by Gasteiger charge is -2.32. The molecule has 0 radical (unpaired) electrons. The predicted molar refractivity (Wildman–Crippen MR) is 97.1 cm³/mol. The van der Waals surface area contributed by atoms with E-state index in [1.807, 2.05) is 29.3 Å². The van der Waals surface area contributed by atoms with E-state index in [0.29, 0.717) is 12.5 Å². The van der Waals surface area contributed by atoms with Crippen molar-refractivity contribution in [2.75, 3.05) is 0 Å². The number of urea groups is 1. The summed E-state index contributed by atoms with van der Waals surface area (Å²) >= 11 is 0. The van der Waals surface area contributed by atoms with E-state index in [4.69, 9.17) is 0 Å². The Bertz CT molecular complexity index is 722. The van der Waals surface area contributed by atoms with E-state index in [9.17, 15) is 4.79 Å². The standard InChI is InChI=1S/C20H26N4O/c1-14(16-7-8-16)24(13-15-5-3-2-4-6-15)20(25)22-18-9-10-19-17(11-18)12-21-23-19/h2-6,12,14,16,18H,7-11,13H2,1H3,(H,21,23)(H,22,25)/t14-,18-/m1/s1. The number of aromatic nitrogens is 2. The Kier molecular flexibility index (Phi) is 4.47. The summed E-state index contributed by atoms with van der Waals surface area (Å²) in [5.74, 6) is 0.654. The van der Waals surface area contributed by atoms with E-state index < -0.39 is 0 Å². The van der Waals surface area contributed by atoms with Crippen LogP contribution < -0.4 is 5.32 Å². The number of hydrogen-bond donors (Lipinski definition) is 2. The zero-order chi connectivity index (χ0) is 17.2. The number of H-pyrrole nitrogens is 1. The van der Waals surface area contributed by atoms with Crippen LogP contribution in [-0.4, -0.2) is 33.2 Å². The largest absolute Gasteiger partial charge is 0.335 e. The fraction of sp³-hybridized carbons (Fsp3) is 0.500. The van der Waals surface area contributed by atoms with Crippen molar-refractivity contribution in [3.63, 3.8) is 0 Å². The zero-order valence-electron chi connectivity index (χ0n) is 14.7. The third kappa shape index (κ3) is 3.70. The van der Waals surface area contributed by atoms with Gasteiger partial charge in [0.25, 0.3) is 0 Å². The quantitative estimate of drug-likeness (QED) is 0.879. The zero-order valence-corrected chi connectivity index (χ0v) is 14.7. The Morgan fingerprint density at radius 3 is 2.88 bits per heavy atom. The van der Waals surface area contributed by atoms with Gasteiger partial charge < -0.3 is 10.2 Å². The van der Waals surface area contributed by atoms with E-state index in [0.717, 1.165) is 19.3 Å². The molecule has 1 saturated carbocycles. The Morgan fingerprint density at radius 1 is 1.32 bits per heavy atom. The minimum Gasteiger partial charge on any atom is -0.335 e. The normalized spacial score (nSPS) is 20.6. The van der Waals surface area contributed by atoms with E-state index in [2.05, 4.69) is 34.6 Å². The molecule has 1 heterocycles. The molecular weight excluding hydrogens is 312 g/mol. The minimum absolute atomic E-state index is 0.0696. The number of hydrogen-bond acceptors (Lipinski definition) is 2. The van der Waals surface area contributed by atoms with Crippen molar-refractivity contribution >= 4 is 6.03 Å². The van der Waals surface area contributed by atoms with Crippen molar-refractivity contribution < 1.29 is 4.79 Å². The first-order chi connectivity index (χ1) is 12.2. The second kappa shape index (κ2) is 6.90. The molecule has 4 rings (SSSR count). The van der Waals surface area contributed by atoms with Crippen LogP contribution in [0.1, 0.15) is 43.0 Å². The van der Waals surface area contributed by atoms with Gasteiger partial charge in [-0.15, -0.1) is 0 Å². The van der Waals surface area contributed by atoms with Crippen LogP contribution in [0.3, 0.4) is 0 Å². The maximum Gasteiger partial charge on any atom is 0.318 e. The van der Waals surface area contributed by atoms with Crippen molar-refractivity contribution in [3.05, 3.63) is 53.3 Å². The predicted octanol–water partition coefficient (Wildman–Crippen LogP) is 3.28. The summed E-state index contributed by atoms with van der Waals surface area (Å²) in [5.41, 5.74) is 3.64. The number of nitrogens with one attached hydrogen (secondary N) is 2. The van der Waals surface area contributed by atoms with Crippen LogP contribution in [0.15, 0.2) is 36.5 Å². The van der Waals surface area contributed by atoms with Gasteiger partial charge in [0.05, 0.1) is 6.20 Å². The van der Waals surface area contributed by atoms with Crippen molar-refractivity contribution in [3.8, 4) is 0 Å². The number of amides is 2. The first-order valence-electron chi connectivity index (χ1n) is 9.33. The van der Waals surface area contributed by atoms with Gasteiger partial charge in [-0.3, -0.25) is 5.10 Å². The van der Waals surface area contributed by atoms with Crippen molar-refractivity contribution in [2.45, 2.75) is 57.7 Å². The lowest BCUT2D eigenvalue weighted by atomic mass is 9.94. The third-order valence-electron chi connectivity index (χ3n) is 5.60. The molecule has 132 valence electrons. The molecule has 0 bridgehead atoms. The summed E-state index contributed by atoms with van der Waals surface area (Å²) in [6, 6.07) is 10.8. The highest BCUT2D eigenvalue weighted by Gasteiger charge is 2.35. The minimum atomic E-state index is 0.0696. The summed E-state index contributed by atoms with van der Waals surface area (Å²) in [7, 11) is 0. The molecule has 25 heavy (non-hydrogen) atoms. The van der Waals surface area contributed by atoms with Crippen LogP contribution in [0.25, 0.3) is 0 Å². The average Bonchev–Trinajstić information content (AvgIpc) is 3.38. The molecule has 0 saturated heterocycles. The second-order valence-electron chi connectivity index (χ2n) is 7.45. The third-order valence-corrected chi connectivity index (χ3v) is 5.60. The van der Waals surface area contributed by atoms with Gasteiger partial charge in [0.2, 0.25) is 0 Å². The van der Waals surface area contributed by atoms with E-state index in [1.54, 1.807) is 0 Å². The summed E-state index contributed by atoms with van der Waals surface area (Å²) < 4.78 is 0. The summed E-state index contributed by atoms with van der Waals surface area (Å²) in [4.78, 5) is 15.1. The molecule has 2 aliphatic carbocycles. The Labute approximate surface area is 148 Å². The number of nitrogens with zero attached hydrogens (tertiary/aromatic N) is 2. The molecule has 2 aliphatic rings. The highest BCUT2D eigenvalue weighted by atomic mass is 16.2. The van der Waals surface area contributed by atoms with Gasteiger partial charge in [-0.05, 0) is 56.1 Å². The number of fused-ring (bicyclic) bond motifs is 1. The highest BCUT2D eigenvalue weighted by Crippen LogP contribution is 2.35. The Balaban J connectivity index is 1.44. The molecular formula is C20H26N4O. The number of benzene rings is 1. The van der Waals surface area contributed by atoms with Gasteiger partial charge in [0, 0.05) is 24.3 Å². The maximum atomic E-state index is 13.0. The van der Waals surface area contributed by atoms with Crippen LogP contribution in [0.5, 0.6) is 0 Å². The maximum absolute atomic E-state index is 13.0. The van der Waals surface area contributed by atoms with Crippen LogP contribution in [0.2, 0.25) is 0 Å². The van der Waals surface area contributed by atoms with Crippen molar-refractivity contribution in [1.82, 2.24) is 20.4 Å². The average molecular weight is 338 g/mol. The fourth-order valence-corrected chi connectivity index (χ4v) is 3.81. The topological polar surface area (TPSA) is 61.0 Å². The van der Waals surface area contributed by atoms with Gasteiger partial charge in [0.15, 0.2) is 0 Å². The molecule has 1 aromatic carbocycles. The lowest BCUT2D eigenvalue weighted by molar-refractivity contribution is 0.162. The van der Waals surface area contributed by atoms with Crippen molar-refractivity contribution in [2.24, 2.45) is 5.92 Å². The molecule has 1 aromatic heterocycles. The molecule has 5 heteroatoms. The number of aromatic amines is 1. The van der Waals surface area contributed by atoms with Gasteiger partial charge in [-0.1, -0.05) is 30.3 Å². The molecule has 2 amide bonds. The number of rotatable bonds is 5. The smallest absolute Gasteiger partial charge is 0.318 e. The van der Waals surface area contributed by atoms with Crippen LogP contribution in [0, 0.1) is 5.92 Å². The van der Waals surface area contributed by atoms with E-state index in [-0.39, 0.29) is 18.1 Å². The van der Waals surface area contributed by atoms with Gasteiger partial charge in [-0.2, -0.15) is 5.10 Å². The van der Waals surface area contributed by atoms with Gasteiger partial charge in [-0.25, -0.2) is 4.79 Å². The van der Waals surface area contributed by atoms with Crippen LogP contribution >= 0.6 is 0 Å². The molecule has 1 fully saturated rings. The number of aryl methyl sites for hydroxylation is 1. The first kappa shape index (κ1) is 16.2. The van der Waals surface area contributed by atoms with E-state index in [1.165, 1.54) is 29.7 Å². The molecule has 0 spiro atoms. The summed E-state index contributed by atoms with van der Waals surface area (Å²) in [5, 5.41) is 10.5. The van der Waals surface area contributed by atoms with Crippen molar-refractivity contribution in [1.29, 1.82) is 0 Å². The molecule has 2 atom stereocenters. The molecule has 0 aliphatic heterocycles. The SMILES string of the molecule is C[C@H](C1CC1)N(Cc1ccccc1)C(=O)N[C@@H]1CCc2[nH]ncc2C1. The van der Waals surface area contributed by atoms with Crippen LogP contribution in [0.4, 0.5) is 4.79 Å². The number of carbonyl (C=O) groups is 1. The molecule has 2 aromatic rings. The Morgan fingerprint density at radius 2 is 2.12 bits per heavy atom. The first-order valence-corrected chi connectivity index (χ1v) is 9.33.